The van der Waals surface area contributed by atoms with Crippen molar-refractivity contribution in [1.82, 2.24) is 14.4 Å². The van der Waals surface area contributed by atoms with Crippen molar-refractivity contribution < 1.29 is 19.1 Å². The monoisotopic (exact) mass is 357 g/mol. The molecule has 26 heavy (non-hydrogen) atoms. The van der Waals surface area contributed by atoms with E-state index >= 15 is 0 Å². The van der Waals surface area contributed by atoms with Crippen molar-refractivity contribution >= 4 is 11.8 Å². The van der Waals surface area contributed by atoms with Crippen molar-refractivity contribution in [3.63, 3.8) is 0 Å². The molecule has 1 aliphatic rings. The lowest BCUT2D eigenvalue weighted by atomic mass is 10.1. The number of carbonyl (C=O) groups excluding carboxylic acids is 2. The van der Waals surface area contributed by atoms with Gasteiger partial charge in [-0.1, -0.05) is 0 Å². The highest BCUT2D eigenvalue weighted by atomic mass is 16.5. The number of amides is 2. The van der Waals surface area contributed by atoms with Gasteiger partial charge in [-0.05, 0) is 24.3 Å². The first-order chi connectivity index (χ1) is 12.5. The fourth-order valence-corrected chi connectivity index (χ4v) is 3.08. The standard InChI is InChI=1S/C19H23N3O4/c1-20-7-6-15(13-20)19(24)22-10-8-21(9-11-22)18(23)14-4-5-16(25-2)17(12-14)26-3/h4-7,12-13H,8-11H2,1-3H3. The second kappa shape index (κ2) is 7.51. The van der Waals surface area contributed by atoms with Gasteiger partial charge in [-0.3, -0.25) is 9.59 Å². The molecule has 0 unspecified atom stereocenters. The van der Waals surface area contributed by atoms with Crippen LogP contribution in [0.3, 0.4) is 0 Å². The van der Waals surface area contributed by atoms with Crippen LogP contribution >= 0.6 is 0 Å². The molecule has 2 heterocycles. The van der Waals surface area contributed by atoms with Crippen molar-refractivity contribution in [1.29, 1.82) is 0 Å². The number of aryl methyl sites for hydroxylation is 1. The third kappa shape index (κ3) is 3.51. The van der Waals surface area contributed by atoms with Gasteiger partial charge < -0.3 is 23.8 Å². The third-order valence-electron chi connectivity index (χ3n) is 4.56. The number of carbonyl (C=O) groups is 2. The van der Waals surface area contributed by atoms with Crippen molar-refractivity contribution in [2.45, 2.75) is 0 Å². The number of piperazine rings is 1. The van der Waals surface area contributed by atoms with Crippen LogP contribution in [-0.2, 0) is 7.05 Å². The quantitative estimate of drug-likeness (QED) is 0.835. The van der Waals surface area contributed by atoms with Crippen molar-refractivity contribution in [3.8, 4) is 11.5 Å². The molecule has 1 aromatic heterocycles. The lowest BCUT2D eigenvalue weighted by molar-refractivity contribution is 0.0535. The van der Waals surface area contributed by atoms with E-state index in [-0.39, 0.29) is 11.8 Å². The van der Waals surface area contributed by atoms with E-state index in [1.165, 1.54) is 0 Å². The molecule has 0 bridgehead atoms. The van der Waals surface area contributed by atoms with E-state index in [2.05, 4.69) is 0 Å². The van der Waals surface area contributed by atoms with Gasteiger partial charge in [-0.2, -0.15) is 0 Å². The lowest BCUT2D eigenvalue weighted by Crippen LogP contribution is -2.50. The summed E-state index contributed by atoms with van der Waals surface area (Å²) in [7, 11) is 4.99. The first-order valence-corrected chi connectivity index (χ1v) is 8.46. The molecule has 0 spiro atoms. The summed E-state index contributed by atoms with van der Waals surface area (Å²) in [6, 6.07) is 6.94. The summed E-state index contributed by atoms with van der Waals surface area (Å²) in [5.41, 5.74) is 1.22. The molecule has 7 nitrogen and oxygen atoms in total. The van der Waals surface area contributed by atoms with Crippen LogP contribution < -0.4 is 9.47 Å². The SMILES string of the molecule is COc1ccc(C(=O)N2CCN(C(=O)c3ccn(C)c3)CC2)cc1OC. The minimum Gasteiger partial charge on any atom is -0.493 e. The van der Waals surface area contributed by atoms with Crippen molar-refractivity contribution in [3.05, 3.63) is 47.8 Å². The molecule has 0 aliphatic carbocycles. The predicted molar refractivity (Wildman–Crippen MR) is 96.8 cm³/mol. The van der Waals surface area contributed by atoms with Gasteiger partial charge in [0, 0.05) is 51.2 Å². The first-order valence-electron chi connectivity index (χ1n) is 8.46. The molecular formula is C19H23N3O4. The maximum atomic E-state index is 12.7. The molecule has 1 aromatic carbocycles. The average Bonchev–Trinajstić information content (AvgIpc) is 3.12. The number of ether oxygens (including phenoxy) is 2. The molecule has 0 atom stereocenters. The summed E-state index contributed by atoms with van der Waals surface area (Å²) in [6.45, 7) is 2.05. The molecule has 2 amide bonds. The Bertz CT molecular complexity index is 807. The molecule has 3 rings (SSSR count). The van der Waals surface area contributed by atoms with E-state index in [1.54, 1.807) is 42.2 Å². The number of benzene rings is 1. The molecule has 1 aliphatic heterocycles. The van der Waals surface area contributed by atoms with Gasteiger partial charge >= 0.3 is 0 Å². The summed E-state index contributed by atoms with van der Waals surface area (Å²) < 4.78 is 12.3. The van der Waals surface area contributed by atoms with Crippen LogP contribution in [0.15, 0.2) is 36.7 Å². The third-order valence-corrected chi connectivity index (χ3v) is 4.56. The number of hydrogen-bond acceptors (Lipinski definition) is 4. The Kier molecular flexibility index (Phi) is 5.16. The number of hydrogen-bond donors (Lipinski definition) is 0. The van der Waals surface area contributed by atoms with Gasteiger partial charge in [0.15, 0.2) is 11.5 Å². The van der Waals surface area contributed by atoms with Crippen LogP contribution in [0, 0.1) is 0 Å². The van der Waals surface area contributed by atoms with E-state index in [0.717, 1.165) is 0 Å². The number of aromatic nitrogens is 1. The topological polar surface area (TPSA) is 64.0 Å². The second-order valence-electron chi connectivity index (χ2n) is 6.22. The summed E-state index contributed by atoms with van der Waals surface area (Å²) >= 11 is 0. The molecule has 1 fully saturated rings. The lowest BCUT2D eigenvalue weighted by Gasteiger charge is -2.34. The summed E-state index contributed by atoms with van der Waals surface area (Å²) in [4.78, 5) is 28.8. The van der Waals surface area contributed by atoms with Gasteiger partial charge in [0.1, 0.15) is 0 Å². The van der Waals surface area contributed by atoms with E-state index < -0.39 is 0 Å². The molecular weight excluding hydrogens is 334 g/mol. The maximum Gasteiger partial charge on any atom is 0.255 e. The number of rotatable bonds is 4. The first kappa shape index (κ1) is 17.8. The smallest absolute Gasteiger partial charge is 0.255 e. The number of nitrogens with zero attached hydrogens (tertiary/aromatic N) is 3. The molecule has 7 heteroatoms. The zero-order valence-corrected chi connectivity index (χ0v) is 15.3. The molecule has 1 saturated heterocycles. The largest absolute Gasteiger partial charge is 0.493 e. The summed E-state index contributed by atoms with van der Waals surface area (Å²) in [6.07, 6.45) is 3.66. The van der Waals surface area contributed by atoms with Gasteiger partial charge in [0.05, 0.1) is 19.8 Å². The zero-order chi connectivity index (χ0) is 18.7. The Morgan fingerprint density at radius 1 is 0.846 bits per heavy atom. The second-order valence-corrected chi connectivity index (χ2v) is 6.22. The minimum atomic E-state index is -0.0715. The maximum absolute atomic E-state index is 12.7. The Balaban J connectivity index is 1.64. The van der Waals surface area contributed by atoms with Gasteiger partial charge in [0.2, 0.25) is 0 Å². The van der Waals surface area contributed by atoms with Gasteiger partial charge in [0.25, 0.3) is 11.8 Å². The van der Waals surface area contributed by atoms with Crippen LogP contribution in [0.5, 0.6) is 11.5 Å². The van der Waals surface area contributed by atoms with E-state index in [1.807, 2.05) is 30.1 Å². The fraction of sp³-hybridized carbons (Fsp3) is 0.368. The van der Waals surface area contributed by atoms with Crippen molar-refractivity contribution in [2.75, 3.05) is 40.4 Å². The van der Waals surface area contributed by atoms with Crippen molar-refractivity contribution in [2.24, 2.45) is 7.05 Å². The highest BCUT2D eigenvalue weighted by Crippen LogP contribution is 2.28. The normalized spacial score (nSPS) is 14.3. The molecule has 0 saturated carbocycles. The Morgan fingerprint density at radius 2 is 1.42 bits per heavy atom. The average molecular weight is 357 g/mol. The van der Waals surface area contributed by atoms with Crippen LogP contribution in [0.2, 0.25) is 0 Å². The summed E-state index contributed by atoms with van der Waals surface area (Å²) in [5.74, 6) is 1.04. The molecule has 0 radical (unpaired) electrons. The van der Waals surface area contributed by atoms with Crippen LogP contribution in [-0.4, -0.2) is 66.6 Å². The Labute approximate surface area is 152 Å². The van der Waals surface area contributed by atoms with Crippen LogP contribution in [0.4, 0.5) is 0 Å². The Hall–Kier alpha value is -2.96. The van der Waals surface area contributed by atoms with Crippen LogP contribution in [0.25, 0.3) is 0 Å². The zero-order valence-electron chi connectivity index (χ0n) is 15.3. The van der Waals surface area contributed by atoms with Crippen LogP contribution in [0.1, 0.15) is 20.7 Å². The van der Waals surface area contributed by atoms with E-state index in [0.29, 0.717) is 48.8 Å². The molecule has 138 valence electrons. The number of methoxy groups -OCH3 is 2. The highest BCUT2D eigenvalue weighted by molar-refractivity contribution is 5.96. The summed E-state index contributed by atoms with van der Waals surface area (Å²) in [5, 5.41) is 0. The molecule has 0 N–H and O–H groups in total. The van der Waals surface area contributed by atoms with E-state index in [9.17, 15) is 9.59 Å². The highest BCUT2D eigenvalue weighted by Gasteiger charge is 2.26. The minimum absolute atomic E-state index is 0.00353. The fourth-order valence-electron chi connectivity index (χ4n) is 3.08. The van der Waals surface area contributed by atoms with E-state index in [4.69, 9.17) is 9.47 Å². The Morgan fingerprint density at radius 3 is 1.92 bits per heavy atom. The van der Waals surface area contributed by atoms with Gasteiger partial charge in [-0.25, -0.2) is 0 Å². The van der Waals surface area contributed by atoms with Gasteiger partial charge in [-0.15, -0.1) is 0 Å². The predicted octanol–water partition coefficient (Wildman–Crippen LogP) is 1.64. The molecule has 2 aromatic rings.